The molecule has 0 aliphatic carbocycles. The number of carbonyl (C=O) groups is 2. The number of piperidine rings is 1. The Morgan fingerprint density at radius 3 is 2.74 bits per heavy atom. The van der Waals surface area contributed by atoms with Crippen molar-refractivity contribution in [3.63, 3.8) is 0 Å². The summed E-state index contributed by atoms with van der Waals surface area (Å²) < 4.78 is 0. The van der Waals surface area contributed by atoms with Crippen LogP contribution in [-0.2, 0) is 9.59 Å². The van der Waals surface area contributed by atoms with E-state index < -0.39 is 0 Å². The molecule has 0 spiro atoms. The van der Waals surface area contributed by atoms with E-state index in [-0.39, 0.29) is 24.3 Å². The lowest BCUT2D eigenvalue weighted by Crippen LogP contribution is -2.35. The van der Waals surface area contributed by atoms with Crippen LogP contribution in [0.5, 0.6) is 0 Å². The zero-order valence-corrected chi connectivity index (χ0v) is 13.8. The number of carbonyl (C=O) groups excluding carboxylic acids is 2. The van der Waals surface area contributed by atoms with E-state index in [9.17, 15) is 9.59 Å². The molecule has 3 N–H and O–H groups in total. The van der Waals surface area contributed by atoms with Crippen LogP contribution in [0.25, 0.3) is 0 Å². The Bertz CT molecular complexity index is 498. The van der Waals surface area contributed by atoms with Gasteiger partial charge in [-0.3, -0.25) is 9.59 Å². The lowest BCUT2D eigenvalue weighted by molar-refractivity contribution is -0.122. The Balaban J connectivity index is 1.79. The highest BCUT2D eigenvalue weighted by molar-refractivity contribution is 5.79. The zero-order valence-electron chi connectivity index (χ0n) is 13.8. The van der Waals surface area contributed by atoms with Crippen LogP contribution in [0.1, 0.15) is 44.2 Å². The van der Waals surface area contributed by atoms with Gasteiger partial charge in [-0.1, -0.05) is 30.3 Å². The van der Waals surface area contributed by atoms with Crippen LogP contribution in [0.2, 0.25) is 0 Å². The first kappa shape index (κ1) is 17.5. The van der Waals surface area contributed by atoms with Crippen molar-refractivity contribution in [1.29, 1.82) is 0 Å². The first-order valence-electron chi connectivity index (χ1n) is 8.44. The smallest absolute Gasteiger partial charge is 0.222 e. The molecule has 1 aromatic carbocycles. The maximum atomic E-state index is 12.2. The Hall–Kier alpha value is -1.88. The van der Waals surface area contributed by atoms with Gasteiger partial charge in [-0.25, -0.2) is 0 Å². The molecule has 126 valence electrons. The number of hydrogen-bond acceptors (Lipinski definition) is 3. The quantitative estimate of drug-likeness (QED) is 0.718. The standard InChI is InChI=1S/C18H27N3O2/c1-14(22)21-17(16-7-3-2-4-8-16)12-18(23)20-11-9-15-6-5-10-19-13-15/h2-4,7-8,15,17,19H,5-6,9-13H2,1H3,(H,20,23)(H,21,22). The van der Waals surface area contributed by atoms with E-state index in [0.717, 1.165) is 25.1 Å². The van der Waals surface area contributed by atoms with Crippen molar-refractivity contribution in [1.82, 2.24) is 16.0 Å². The molecule has 1 aliphatic rings. The summed E-state index contributed by atoms with van der Waals surface area (Å²) >= 11 is 0. The topological polar surface area (TPSA) is 70.2 Å². The van der Waals surface area contributed by atoms with Gasteiger partial charge in [0.1, 0.15) is 0 Å². The minimum atomic E-state index is -0.273. The minimum absolute atomic E-state index is 0.0172. The summed E-state index contributed by atoms with van der Waals surface area (Å²) in [6, 6.07) is 9.34. The highest BCUT2D eigenvalue weighted by Gasteiger charge is 2.17. The van der Waals surface area contributed by atoms with Crippen molar-refractivity contribution in [2.45, 2.75) is 38.6 Å². The molecule has 1 aromatic rings. The Morgan fingerprint density at radius 1 is 1.30 bits per heavy atom. The molecule has 0 radical (unpaired) electrons. The van der Waals surface area contributed by atoms with Gasteiger partial charge in [0.05, 0.1) is 12.5 Å². The highest BCUT2D eigenvalue weighted by atomic mass is 16.2. The second-order valence-electron chi connectivity index (χ2n) is 6.22. The van der Waals surface area contributed by atoms with Crippen LogP contribution in [0, 0.1) is 5.92 Å². The van der Waals surface area contributed by atoms with E-state index in [0.29, 0.717) is 12.5 Å². The lowest BCUT2D eigenvalue weighted by atomic mass is 9.96. The number of benzene rings is 1. The van der Waals surface area contributed by atoms with Crippen LogP contribution >= 0.6 is 0 Å². The van der Waals surface area contributed by atoms with E-state index in [2.05, 4.69) is 16.0 Å². The summed E-state index contributed by atoms with van der Waals surface area (Å²) in [6.45, 7) is 4.34. The summed E-state index contributed by atoms with van der Waals surface area (Å²) in [7, 11) is 0. The molecule has 2 unspecified atom stereocenters. The molecule has 2 amide bonds. The van der Waals surface area contributed by atoms with Crippen molar-refractivity contribution in [2.75, 3.05) is 19.6 Å². The van der Waals surface area contributed by atoms with Crippen molar-refractivity contribution in [3.8, 4) is 0 Å². The molecule has 0 aromatic heterocycles. The van der Waals surface area contributed by atoms with E-state index in [1.807, 2.05) is 30.3 Å². The average molecular weight is 317 g/mol. The van der Waals surface area contributed by atoms with Crippen molar-refractivity contribution in [3.05, 3.63) is 35.9 Å². The Labute approximate surface area is 138 Å². The number of amides is 2. The van der Waals surface area contributed by atoms with Crippen molar-refractivity contribution < 1.29 is 9.59 Å². The number of rotatable bonds is 7. The van der Waals surface area contributed by atoms with E-state index in [4.69, 9.17) is 0 Å². The van der Waals surface area contributed by atoms with Gasteiger partial charge >= 0.3 is 0 Å². The average Bonchev–Trinajstić information content (AvgIpc) is 2.56. The maximum Gasteiger partial charge on any atom is 0.222 e. The number of hydrogen-bond donors (Lipinski definition) is 3. The SMILES string of the molecule is CC(=O)NC(CC(=O)NCCC1CCCNC1)c1ccccc1. The Kier molecular flexibility index (Phi) is 7.07. The Morgan fingerprint density at radius 2 is 2.09 bits per heavy atom. The maximum absolute atomic E-state index is 12.2. The van der Waals surface area contributed by atoms with Crippen molar-refractivity contribution >= 4 is 11.8 Å². The fourth-order valence-corrected chi connectivity index (χ4v) is 3.03. The summed E-state index contributed by atoms with van der Waals surface area (Å²) in [5, 5.41) is 9.23. The molecule has 2 rings (SSSR count). The van der Waals surface area contributed by atoms with Crippen molar-refractivity contribution in [2.24, 2.45) is 5.92 Å². The normalized spacial score (nSPS) is 18.9. The summed E-state index contributed by atoms with van der Waals surface area (Å²) in [4.78, 5) is 23.6. The van der Waals surface area contributed by atoms with Crippen LogP contribution in [0.15, 0.2) is 30.3 Å². The molecular weight excluding hydrogens is 290 g/mol. The largest absolute Gasteiger partial charge is 0.356 e. The molecule has 5 nitrogen and oxygen atoms in total. The number of nitrogens with one attached hydrogen (secondary N) is 3. The first-order chi connectivity index (χ1) is 11.1. The van der Waals surface area contributed by atoms with Crippen LogP contribution < -0.4 is 16.0 Å². The second-order valence-corrected chi connectivity index (χ2v) is 6.22. The summed E-state index contributed by atoms with van der Waals surface area (Å²) in [5.74, 6) is 0.514. The zero-order chi connectivity index (χ0) is 16.5. The second kappa shape index (κ2) is 9.30. The molecule has 2 atom stereocenters. The molecule has 0 bridgehead atoms. The predicted molar refractivity (Wildman–Crippen MR) is 90.8 cm³/mol. The third-order valence-corrected chi connectivity index (χ3v) is 4.24. The molecular formula is C18H27N3O2. The first-order valence-corrected chi connectivity index (χ1v) is 8.44. The molecule has 1 aliphatic heterocycles. The summed E-state index contributed by atoms with van der Waals surface area (Å²) in [5.41, 5.74) is 0.953. The third kappa shape index (κ3) is 6.40. The minimum Gasteiger partial charge on any atom is -0.356 e. The van der Waals surface area contributed by atoms with E-state index in [1.165, 1.54) is 19.8 Å². The van der Waals surface area contributed by atoms with E-state index in [1.54, 1.807) is 0 Å². The van der Waals surface area contributed by atoms with Gasteiger partial charge in [0, 0.05) is 13.5 Å². The molecule has 1 fully saturated rings. The lowest BCUT2D eigenvalue weighted by Gasteiger charge is -2.23. The molecule has 1 saturated heterocycles. The van der Waals surface area contributed by atoms with E-state index >= 15 is 0 Å². The van der Waals surface area contributed by atoms with Crippen LogP contribution in [0.4, 0.5) is 0 Å². The van der Waals surface area contributed by atoms with Gasteiger partial charge < -0.3 is 16.0 Å². The molecule has 5 heteroatoms. The van der Waals surface area contributed by atoms with Crippen LogP contribution in [0.3, 0.4) is 0 Å². The predicted octanol–water partition coefficient (Wildman–Crippen LogP) is 1.76. The molecule has 23 heavy (non-hydrogen) atoms. The van der Waals surface area contributed by atoms with Gasteiger partial charge in [-0.2, -0.15) is 0 Å². The summed E-state index contributed by atoms with van der Waals surface area (Å²) in [6.07, 6.45) is 3.74. The fourth-order valence-electron chi connectivity index (χ4n) is 3.03. The van der Waals surface area contributed by atoms with Gasteiger partial charge in [-0.15, -0.1) is 0 Å². The van der Waals surface area contributed by atoms with Gasteiger partial charge in [0.15, 0.2) is 0 Å². The fraction of sp³-hybridized carbons (Fsp3) is 0.556. The molecule has 0 saturated carbocycles. The van der Waals surface area contributed by atoms with Gasteiger partial charge in [-0.05, 0) is 43.8 Å². The van der Waals surface area contributed by atoms with Crippen LogP contribution in [-0.4, -0.2) is 31.4 Å². The third-order valence-electron chi connectivity index (χ3n) is 4.24. The monoisotopic (exact) mass is 317 g/mol. The van der Waals surface area contributed by atoms with Gasteiger partial charge in [0.2, 0.25) is 11.8 Å². The molecule has 1 heterocycles. The van der Waals surface area contributed by atoms with Gasteiger partial charge in [0.25, 0.3) is 0 Å². The highest BCUT2D eigenvalue weighted by Crippen LogP contribution is 2.17.